The molecule has 5 atom stereocenters. The number of unbranched alkanes of at least 4 members (excludes halogenated alkanes) is 23. The van der Waals surface area contributed by atoms with Gasteiger partial charge in [0.15, 0.2) is 6.10 Å². The fourth-order valence-electron chi connectivity index (χ4n) is 10.4. The smallest absolute Gasteiger partial charge is 0.463 e. The Morgan fingerprint density at radius 3 is 0.822 bits per heavy atom. The zero-order valence-corrected chi connectivity index (χ0v) is 68.3. The summed E-state index contributed by atoms with van der Waals surface area (Å²) in [6.07, 6.45) is 104. The number of aliphatic hydroxyl groups is 2. The van der Waals surface area contributed by atoms with Crippen molar-refractivity contribution in [2.45, 2.75) is 322 Å². The number of esters is 3. The molecule has 0 spiro atoms. The molecule has 107 heavy (non-hydrogen) atoms. The molecule has 0 heterocycles. The highest BCUT2D eigenvalue weighted by atomic mass is 31.2. The molecule has 0 fully saturated rings. The minimum Gasteiger partial charge on any atom is -0.463 e. The predicted octanol–water partition coefficient (Wildman–Crippen LogP) is 24.5. The summed E-state index contributed by atoms with van der Waals surface area (Å²) in [4.78, 5) is 58.7. The van der Waals surface area contributed by atoms with Crippen LogP contribution >= 0.6 is 15.6 Å². The van der Waals surface area contributed by atoms with E-state index in [-0.39, 0.29) is 19.3 Å². The van der Waals surface area contributed by atoms with Gasteiger partial charge in [-0.2, -0.15) is 0 Å². The highest BCUT2D eigenvalue weighted by Crippen LogP contribution is 2.45. The second-order valence-electron chi connectivity index (χ2n) is 26.8. The van der Waals surface area contributed by atoms with E-state index in [1.807, 2.05) is 18.2 Å². The maximum absolute atomic E-state index is 13.0. The Balaban J connectivity index is 4.67. The molecule has 0 aromatic rings. The number of allylic oxidation sites excluding steroid dienone is 30. The fourth-order valence-corrected chi connectivity index (χ4v) is 12.0. The van der Waals surface area contributed by atoms with E-state index in [2.05, 4.69) is 185 Å². The predicted molar refractivity (Wildman–Crippen MR) is 445 cm³/mol. The lowest BCUT2D eigenvalue weighted by Gasteiger charge is -2.21. The van der Waals surface area contributed by atoms with Crippen molar-refractivity contribution in [2.75, 3.05) is 39.6 Å². The van der Waals surface area contributed by atoms with Crippen LogP contribution in [0.1, 0.15) is 303 Å². The van der Waals surface area contributed by atoms with Crippen LogP contribution in [0.3, 0.4) is 0 Å². The first-order chi connectivity index (χ1) is 52.2. The number of carbonyl (C=O) groups is 3. The van der Waals surface area contributed by atoms with Crippen LogP contribution in [0.25, 0.3) is 0 Å². The molecule has 0 amide bonds. The van der Waals surface area contributed by atoms with E-state index in [0.29, 0.717) is 25.7 Å². The summed E-state index contributed by atoms with van der Waals surface area (Å²) < 4.78 is 61.1. The minimum absolute atomic E-state index is 0.0295. The van der Waals surface area contributed by atoms with Gasteiger partial charge in [-0.25, -0.2) is 9.13 Å². The lowest BCUT2D eigenvalue weighted by atomic mass is 10.0. The Kier molecular flexibility index (Phi) is 76.2. The summed E-state index contributed by atoms with van der Waals surface area (Å²) >= 11 is 0. The number of phosphoric acid groups is 2. The molecular formula is C89H146O16P2. The molecule has 4 N–H and O–H groups in total. The molecule has 5 unspecified atom stereocenters. The molecule has 0 rings (SSSR count). The van der Waals surface area contributed by atoms with E-state index in [0.717, 1.165) is 154 Å². The Hall–Kier alpha value is -5.35. The van der Waals surface area contributed by atoms with Gasteiger partial charge in [-0.05, 0) is 148 Å². The molecule has 0 radical (unpaired) electrons. The molecule has 0 aromatic carbocycles. The maximum atomic E-state index is 13.0. The van der Waals surface area contributed by atoms with Crippen molar-refractivity contribution < 1.29 is 75.8 Å². The Bertz CT molecular complexity index is 2670. The van der Waals surface area contributed by atoms with Crippen molar-refractivity contribution in [3.05, 3.63) is 182 Å². The van der Waals surface area contributed by atoms with Gasteiger partial charge in [-0.15, -0.1) is 0 Å². The third-order valence-corrected chi connectivity index (χ3v) is 18.5. The fraction of sp³-hybridized carbons (Fsp3) is 0.629. The van der Waals surface area contributed by atoms with Gasteiger partial charge >= 0.3 is 33.6 Å². The second kappa shape index (κ2) is 80.2. The third-order valence-electron chi connectivity index (χ3n) is 16.6. The van der Waals surface area contributed by atoms with Gasteiger partial charge in [0.2, 0.25) is 0 Å². The summed E-state index contributed by atoms with van der Waals surface area (Å²) in [5, 5.41) is 20.7. The molecule has 16 nitrogen and oxygen atoms in total. The lowest BCUT2D eigenvalue weighted by Crippen LogP contribution is -2.29. The molecule has 0 bridgehead atoms. The first kappa shape index (κ1) is 102. The van der Waals surface area contributed by atoms with Crippen molar-refractivity contribution in [1.82, 2.24) is 0 Å². The lowest BCUT2D eigenvalue weighted by molar-refractivity contribution is -0.161. The van der Waals surface area contributed by atoms with Gasteiger partial charge in [0.05, 0.1) is 26.4 Å². The van der Waals surface area contributed by atoms with Crippen LogP contribution in [-0.4, -0.2) is 95.9 Å². The van der Waals surface area contributed by atoms with Gasteiger partial charge in [0.25, 0.3) is 0 Å². The average molecular weight is 1530 g/mol. The summed E-state index contributed by atoms with van der Waals surface area (Å²) in [6.45, 7) is 2.32. The van der Waals surface area contributed by atoms with Crippen LogP contribution in [0.2, 0.25) is 0 Å². The normalized spacial score (nSPS) is 14.9. The number of phosphoric ester groups is 2. The van der Waals surface area contributed by atoms with Crippen molar-refractivity contribution in [3.63, 3.8) is 0 Å². The second-order valence-corrected chi connectivity index (χ2v) is 29.7. The van der Waals surface area contributed by atoms with Crippen LogP contribution in [0.15, 0.2) is 182 Å². The Morgan fingerprint density at radius 2 is 0.514 bits per heavy atom. The minimum atomic E-state index is -4.96. The number of ether oxygens (including phenoxy) is 3. The molecule has 0 aromatic heterocycles. The number of hydrogen-bond donors (Lipinski definition) is 4. The zero-order chi connectivity index (χ0) is 78.0. The highest BCUT2D eigenvalue weighted by Gasteiger charge is 2.29. The highest BCUT2D eigenvalue weighted by molar-refractivity contribution is 7.47. The van der Waals surface area contributed by atoms with Crippen molar-refractivity contribution >= 4 is 33.6 Å². The molecule has 0 aliphatic carbocycles. The molecule has 0 saturated carbocycles. The monoisotopic (exact) mass is 1530 g/mol. The Morgan fingerprint density at radius 1 is 0.271 bits per heavy atom. The molecule has 0 aliphatic heterocycles. The van der Waals surface area contributed by atoms with E-state index in [9.17, 15) is 43.5 Å². The van der Waals surface area contributed by atoms with E-state index in [4.69, 9.17) is 32.3 Å². The number of hydrogen-bond acceptors (Lipinski definition) is 14. The summed E-state index contributed by atoms with van der Waals surface area (Å²) in [5.74, 6) is -1.69. The van der Waals surface area contributed by atoms with E-state index in [1.54, 1.807) is 0 Å². The van der Waals surface area contributed by atoms with E-state index >= 15 is 0 Å². The average Bonchev–Trinajstić information content (AvgIpc) is 0.939. The zero-order valence-electron chi connectivity index (χ0n) is 66.5. The molecule has 0 saturated heterocycles. The summed E-state index contributed by atoms with van der Waals surface area (Å²) in [7, 11) is -9.84. The van der Waals surface area contributed by atoms with E-state index in [1.165, 1.54) is 83.5 Å². The maximum Gasteiger partial charge on any atom is 0.472 e. The van der Waals surface area contributed by atoms with Crippen molar-refractivity contribution in [2.24, 2.45) is 0 Å². The van der Waals surface area contributed by atoms with Gasteiger partial charge in [-0.1, -0.05) is 319 Å². The summed E-state index contributed by atoms with van der Waals surface area (Å²) in [6, 6.07) is 0. The van der Waals surface area contributed by atoms with Gasteiger partial charge < -0.3 is 34.2 Å². The van der Waals surface area contributed by atoms with Gasteiger partial charge in [-0.3, -0.25) is 32.5 Å². The molecule has 0 aliphatic rings. The summed E-state index contributed by atoms with van der Waals surface area (Å²) in [5.41, 5.74) is 0. The van der Waals surface area contributed by atoms with Crippen LogP contribution in [0.4, 0.5) is 0 Å². The van der Waals surface area contributed by atoms with Gasteiger partial charge in [0, 0.05) is 19.3 Å². The first-order valence-electron chi connectivity index (χ1n) is 41.1. The SMILES string of the molecule is CC/C=C\C/C=C\C/C=C\C/C=C\C/C=C\C/C=C\CCC(=O)OC(COC(=O)CCCCCCCCC/C=C\C/C=C\C/C=C\C/C=C\CCCCC)COP(=O)(O)OCC(O)COP(=O)(O)OCC(O)COC(=O)CCCCCCCCCCCCCCC/C=C\C/C=C\C/C=C\C/C=C\C/C=C\CC. The standard InChI is InChI=1S/C89H146O16P2/c1-4-7-10-13-16-19-22-25-28-31-34-36-38-39-40-41-42-43-45-47-49-51-54-57-60-63-66-69-72-75-87(92)99-78-84(90)79-101-106(95,96)102-80-85(91)81-103-107(97,98)104-83-86(105-89(94)77-74-71-68-65-62-59-56-53-48-33-30-27-24-21-18-15-12-9-6-3)82-100-88(93)76-73-70-67-64-61-58-55-52-50-46-44-37-35-32-29-26-23-20-17-14-11-8-5-2/h7,9-10,12,16-21,25-30,34-37,39-40,46,48,50,53,59,62,68,71,84-86,90-91H,4-6,8,11,13-15,22-24,31-33,38,41-45,47,49,51-52,54-58,60-61,63-67,69-70,72-83H2,1-3H3,(H,95,96)(H,97,98)/b10-7-,12-9-,19-16-,20-17-,21-18-,28-25-,29-26-,30-27-,36-34-,37-35-,40-39-,50-46-,53-48-,62-59-,71-68-. The van der Waals surface area contributed by atoms with Crippen LogP contribution in [-0.2, 0) is 55.8 Å². The van der Waals surface area contributed by atoms with Crippen molar-refractivity contribution in [3.8, 4) is 0 Å². The number of aliphatic hydroxyl groups excluding tert-OH is 2. The third kappa shape index (κ3) is 81.5. The molecule has 18 heteroatoms. The number of rotatable bonds is 76. The van der Waals surface area contributed by atoms with Crippen LogP contribution < -0.4 is 0 Å². The largest absolute Gasteiger partial charge is 0.472 e. The van der Waals surface area contributed by atoms with Gasteiger partial charge in [0.1, 0.15) is 25.4 Å². The Labute approximate surface area is 649 Å². The number of carbonyl (C=O) groups excluding carboxylic acids is 3. The molecular weight excluding hydrogens is 1390 g/mol. The van der Waals surface area contributed by atoms with Crippen molar-refractivity contribution in [1.29, 1.82) is 0 Å². The quantitative estimate of drug-likeness (QED) is 0.0146. The van der Waals surface area contributed by atoms with Crippen LogP contribution in [0, 0.1) is 0 Å². The van der Waals surface area contributed by atoms with Crippen LogP contribution in [0.5, 0.6) is 0 Å². The topological polar surface area (TPSA) is 231 Å². The first-order valence-corrected chi connectivity index (χ1v) is 44.1. The molecule has 608 valence electrons. The van der Waals surface area contributed by atoms with E-state index < -0.39 is 91.5 Å².